The molecule has 0 amide bonds. The van der Waals surface area contributed by atoms with Gasteiger partial charge in [0.2, 0.25) is 10.0 Å². The van der Waals surface area contributed by atoms with Gasteiger partial charge < -0.3 is 4.74 Å². The summed E-state index contributed by atoms with van der Waals surface area (Å²) < 4.78 is 32.2. The quantitative estimate of drug-likeness (QED) is 0.823. The fourth-order valence-corrected chi connectivity index (χ4v) is 4.09. The van der Waals surface area contributed by atoms with E-state index in [4.69, 9.17) is 27.9 Å². The second-order valence-corrected chi connectivity index (χ2v) is 7.40. The minimum absolute atomic E-state index is 0.0358. The Morgan fingerprint density at radius 1 is 1.24 bits per heavy atom. The smallest absolute Gasteiger partial charge is 0.242 e. The molecule has 0 saturated heterocycles. The Morgan fingerprint density at radius 2 is 2.00 bits per heavy atom. The van der Waals surface area contributed by atoms with Crippen LogP contribution in [-0.2, 0) is 10.0 Å². The van der Waals surface area contributed by atoms with Crippen molar-refractivity contribution < 1.29 is 13.2 Å². The molecule has 1 aliphatic rings. The van der Waals surface area contributed by atoms with Gasteiger partial charge in [0.1, 0.15) is 10.6 Å². The number of hydrogen-bond donors (Lipinski definition) is 1. The van der Waals surface area contributed by atoms with Gasteiger partial charge in [0.05, 0.1) is 17.2 Å². The summed E-state index contributed by atoms with van der Waals surface area (Å²) in [6, 6.07) is 2.71. The van der Waals surface area contributed by atoms with Crippen molar-refractivity contribution in [1.82, 2.24) is 4.72 Å². The Hall–Kier alpha value is -0.750. The van der Waals surface area contributed by atoms with E-state index < -0.39 is 10.0 Å². The lowest BCUT2D eigenvalue weighted by Gasteiger charge is -2.15. The minimum Gasteiger partial charge on any atom is -0.495 e. The largest absolute Gasteiger partial charge is 0.495 e. The number of rotatable bonds is 5. The third-order valence-corrected chi connectivity index (χ3v) is 5.53. The summed E-state index contributed by atoms with van der Waals surface area (Å²) in [6.07, 6.45) is 6.29. The average Bonchev–Trinajstić information content (AvgIpc) is 2.48. The predicted molar refractivity (Wildman–Crippen MR) is 84.8 cm³/mol. The monoisotopic (exact) mass is 349 g/mol. The predicted octanol–water partition coefficient (Wildman–Crippen LogP) is 3.78. The molecule has 1 N–H and O–H groups in total. The fraction of sp³-hybridized carbons (Fsp3) is 0.429. The molecule has 0 aromatic heterocycles. The molecular formula is C14H17Cl2NO3S. The molecule has 7 heteroatoms. The Labute approximate surface area is 135 Å². The average molecular weight is 350 g/mol. The van der Waals surface area contributed by atoms with Crippen LogP contribution in [0.1, 0.15) is 25.7 Å². The van der Waals surface area contributed by atoms with E-state index in [1.54, 1.807) is 0 Å². The number of ether oxygens (including phenoxy) is 1. The van der Waals surface area contributed by atoms with Gasteiger partial charge in [-0.3, -0.25) is 0 Å². The zero-order chi connectivity index (χ0) is 15.5. The van der Waals surface area contributed by atoms with Crippen molar-refractivity contribution in [1.29, 1.82) is 0 Å². The number of methoxy groups -OCH3 is 1. The number of benzene rings is 1. The molecular weight excluding hydrogens is 333 g/mol. The van der Waals surface area contributed by atoms with E-state index in [1.165, 1.54) is 19.2 Å². The van der Waals surface area contributed by atoms with Crippen LogP contribution in [0.25, 0.3) is 0 Å². The van der Waals surface area contributed by atoms with Crippen LogP contribution in [0.5, 0.6) is 5.75 Å². The highest BCUT2D eigenvalue weighted by Gasteiger charge is 2.21. The molecule has 0 aliphatic heterocycles. The maximum atomic E-state index is 12.3. The van der Waals surface area contributed by atoms with Crippen LogP contribution < -0.4 is 9.46 Å². The molecule has 2 rings (SSSR count). The molecule has 0 unspecified atom stereocenters. The van der Waals surface area contributed by atoms with Gasteiger partial charge in [-0.25, -0.2) is 13.1 Å². The summed E-state index contributed by atoms with van der Waals surface area (Å²) in [5, 5.41) is 0.292. The lowest BCUT2D eigenvalue weighted by molar-refractivity contribution is 0.414. The molecule has 0 heterocycles. The summed E-state index contributed by atoms with van der Waals surface area (Å²) in [5.74, 6) is 0.343. The number of sulfonamides is 1. The van der Waals surface area contributed by atoms with Crippen LogP contribution >= 0.6 is 23.2 Å². The highest BCUT2D eigenvalue weighted by atomic mass is 35.5. The highest BCUT2D eigenvalue weighted by Crippen LogP contribution is 2.33. The molecule has 1 aromatic rings. The lowest BCUT2D eigenvalue weighted by Crippen LogP contribution is -2.26. The van der Waals surface area contributed by atoms with Crippen molar-refractivity contribution in [3.8, 4) is 5.75 Å². The normalized spacial score (nSPS) is 15.7. The van der Waals surface area contributed by atoms with Gasteiger partial charge in [-0.05, 0) is 31.7 Å². The topological polar surface area (TPSA) is 55.4 Å². The maximum absolute atomic E-state index is 12.3. The van der Waals surface area contributed by atoms with Crippen molar-refractivity contribution >= 4 is 33.2 Å². The SMILES string of the molecule is COc1cc(Cl)c(S(=O)(=O)NCC2=CCCCC2)cc1Cl. The van der Waals surface area contributed by atoms with Crippen LogP contribution in [0.15, 0.2) is 28.7 Å². The van der Waals surface area contributed by atoms with Crippen LogP contribution in [0, 0.1) is 0 Å². The highest BCUT2D eigenvalue weighted by molar-refractivity contribution is 7.89. The Bertz CT molecular complexity index is 656. The molecule has 4 nitrogen and oxygen atoms in total. The van der Waals surface area contributed by atoms with Gasteiger partial charge in [-0.2, -0.15) is 0 Å². The molecule has 0 spiro atoms. The molecule has 0 radical (unpaired) electrons. The van der Waals surface area contributed by atoms with Crippen molar-refractivity contribution in [3.63, 3.8) is 0 Å². The molecule has 1 aliphatic carbocycles. The van der Waals surface area contributed by atoms with E-state index >= 15 is 0 Å². The van der Waals surface area contributed by atoms with Gasteiger partial charge in [-0.1, -0.05) is 34.9 Å². The second kappa shape index (κ2) is 7.01. The first kappa shape index (κ1) is 16.6. The van der Waals surface area contributed by atoms with E-state index in [2.05, 4.69) is 10.8 Å². The summed E-state index contributed by atoms with van der Waals surface area (Å²) in [4.78, 5) is -0.0358. The van der Waals surface area contributed by atoms with Gasteiger partial charge in [0.15, 0.2) is 0 Å². The summed E-state index contributed by atoms with van der Waals surface area (Å²) in [5.41, 5.74) is 1.11. The first-order chi connectivity index (χ1) is 9.94. The molecule has 1 aromatic carbocycles. The lowest BCUT2D eigenvalue weighted by atomic mass is 10.0. The number of nitrogens with one attached hydrogen (secondary N) is 1. The van der Waals surface area contributed by atoms with E-state index in [0.29, 0.717) is 12.3 Å². The summed E-state index contributed by atoms with van der Waals surface area (Å²) in [6.45, 7) is 0.308. The first-order valence-corrected chi connectivity index (χ1v) is 8.88. The van der Waals surface area contributed by atoms with E-state index in [-0.39, 0.29) is 14.9 Å². The van der Waals surface area contributed by atoms with Crippen LogP contribution in [0.4, 0.5) is 0 Å². The Morgan fingerprint density at radius 3 is 2.62 bits per heavy atom. The van der Waals surface area contributed by atoms with Crippen molar-refractivity contribution in [2.75, 3.05) is 13.7 Å². The molecule has 21 heavy (non-hydrogen) atoms. The van der Waals surface area contributed by atoms with Gasteiger partial charge >= 0.3 is 0 Å². The van der Waals surface area contributed by atoms with Crippen LogP contribution in [0.2, 0.25) is 10.0 Å². The van der Waals surface area contributed by atoms with Gasteiger partial charge in [0.25, 0.3) is 0 Å². The minimum atomic E-state index is -3.70. The first-order valence-electron chi connectivity index (χ1n) is 6.64. The zero-order valence-electron chi connectivity index (χ0n) is 11.7. The zero-order valence-corrected chi connectivity index (χ0v) is 14.0. The maximum Gasteiger partial charge on any atom is 0.242 e. The summed E-state index contributed by atoms with van der Waals surface area (Å²) in [7, 11) is -2.26. The van der Waals surface area contributed by atoms with Gasteiger partial charge in [0, 0.05) is 12.6 Å². The van der Waals surface area contributed by atoms with E-state index in [9.17, 15) is 8.42 Å². The Balaban J connectivity index is 2.19. The molecule has 0 fully saturated rings. The molecule has 0 atom stereocenters. The molecule has 116 valence electrons. The van der Waals surface area contributed by atoms with Crippen molar-refractivity contribution in [2.45, 2.75) is 30.6 Å². The van der Waals surface area contributed by atoms with Gasteiger partial charge in [-0.15, -0.1) is 0 Å². The second-order valence-electron chi connectivity index (χ2n) is 4.85. The Kier molecular flexibility index (Phi) is 5.54. The van der Waals surface area contributed by atoms with Crippen molar-refractivity contribution in [2.24, 2.45) is 0 Å². The van der Waals surface area contributed by atoms with Crippen molar-refractivity contribution in [3.05, 3.63) is 33.8 Å². The standard InChI is InChI=1S/C14H17Cl2NO3S/c1-20-13-7-12(16)14(8-11(13)15)21(18,19)17-9-10-5-3-2-4-6-10/h5,7-8,17H,2-4,6,9H2,1H3. The third-order valence-electron chi connectivity index (χ3n) is 3.37. The van der Waals surface area contributed by atoms with Crippen LogP contribution in [0.3, 0.4) is 0 Å². The molecule has 0 saturated carbocycles. The number of halogens is 2. The van der Waals surface area contributed by atoms with E-state index in [1.807, 2.05) is 0 Å². The summed E-state index contributed by atoms with van der Waals surface area (Å²) >= 11 is 12.0. The van der Waals surface area contributed by atoms with E-state index in [0.717, 1.165) is 31.3 Å². The fourth-order valence-electron chi connectivity index (χ4n) is 2.20. The molecule has 0 bridgehead atoms. The number of allylic oxidation sites excluding steroid dienone is 1. The third kappa shape index (κ3) is 4.13. The van der Waals surface area contributed by atoms with Crippen LogP contribution in [-0.4, -0.2) is 22.1 Å². The number of hydrogen-bond acceptors (Lipinski definition) is 3.